The Morgan fingerprint density at radius 2 is 1.78 bits per heavy atom. The molecule has 5 atom stereocenters. The van der Waals surface area contributed by atoms with Gasteiger partial charge in [0.1, 0.15) is 6.10 Å². The number of nitrogens with one attached hydrogen (secondary N) is 3. The van der Waals surface area contributed by atoms with Crippen LogP contribution in [0.25, 0.3) is 0 Å². The van der Waals surface area contributed by atoms with Gasteiger partial charge in [-0.25, -0.2) is 18.0 Å². The standard InChI is InChI=1S/C37H53N5O11S/c1-37(2,15-8-9-16-38-33(44)20-39-35(45)41(3)4)23-42(54(47,48)26-12-13-30-31(19-26)52-24-51-30)21-29(43)28(18-25-10-6-5-7-11-25)40-36(46)53-32-22-50-34-27(32)14-17-49-34/h5-7,10-13,19,27-29,32,34,43H,8-9,14-18,20-24H2,1-4H3,(H,38,44)(H,39,45)(H,40,46)/t27-,28-,29+,32-,34+/m0/s1. The van der Waals surface area contributed by atoms with E-state index in [-0.39, 0.29) is 62.2 Å². The molecule has 2 aromatic rings. The van der Waals surface area contributed by atoms with Crippen molar-refractivity contribution in [3.05, 3.63) is 54.1 Å². The number of ether oxygens (including phenoxy) is 5. The topological polar surface area (TPSA) is 194 Å². The molecule has 16 nitrogen and oxygen atoms in total. The molecule has 298 valence electrons. The molecule has 0 spiro atoms. The second kappa shape index (κ2) is 18.4. The fraction of sp³-hybridized carbons (Fsp3) is 0.595. The van der Waals surface area contributed by atoms with E-state index in [4.69, 9.17) is 23.7 Å². The van der Waals surface area contributed by atoms with Gasteiger partial charge in [-0.2, -0.15) is 4.31 Å². The second-order valence-corrected chi connectivity index (χ2v) is 16.8. The number of aliphatic hydroxyl groups is 1. The Bertz CT molecular complexity index is 1690. The number of amides is 4. The summed E-state index contributed by atoms with van der Waals surface area (Å²) in [6, 6.07) is 12.4. The van der Waals surface area contributed by atoms with Crippen LogP contribution in [-0.2, 0) is 35.4 Å². The third-order valence-corrected chi connectivity index (χ3v) is 11.5. The summed E-state index contributed by atoms with van der Waals surface area (Å²) in [5.41, 5.74) is 0.254. The van der Waals surface area contributed by atoms with Gasteiger partial charge in [0.25, 0.3) is 0 Å². The van der Waals surface area contributed by atoms with Crippen LogP contribution in [-0.4, -0.2) is 126 Å². The summed E-state index contributed by atoms with van der Waals surface area (Å²) in [5.74, 6) is 0.346. The number of alkyl carbamates (subject to hydrolysis) is 1. The lowest BCUT2D eigenvalue weighted by atomic mass is 9.87. The summed E-state index contributed by atoms with van der Waals surface area (Å²) in [5, 5.41) is 20.0. The van der Waals surface area contributed by atoms with Crippen LogP contribution >= 0.6 is 0 Å². The number of benzene rings is 2. The number of aliphatic hydroxyl groups excluding tert-OH is 1. The maximum atomic E-state index is 14.4. The minimum absolute atomic E-state index is 0.0240. The van der Waals surface area contributed by atoms with E-state index in [1.54, 1.807) is 14.1 Å². The number of rotatable bonds is 18. The first-order valence-corrected chi connectivity index (χ1v) is 19.7. The number of fused-ring (bicyclic) bond motifs is 2. The van der Waals surface area contributed by atoms with E-state index in [9.17, 15) is 27.9 Å². The van der Waals surface area contributed by atoms with Crippen LogP contribution in [0.15, 0.2) is 53.4 Å². The molecule has 3 heterocycles. The van der Waals surface area contributed by atoms with E-state index in [1.807, 2.05) is 44.2 Å². The molecule has 3 aliphatic rings. The first kappa shape index (κ1) is 41.0. The van der Waals surface area contributed by atoms with Crippen molar-refractivity contribution in [2.45, 2.75) is 75.4 Å². The molecule has 0 unspecified atom stereocenters. The smallest absolute Gasteiger partial charge is 0.407 e. The van der Waals surface area contributed by atoms with Gasteiger partial charge in [-0.1, -0.05) is 50.6 Å². The molecule has 0 aromatic heterocycles. The van der Waals surface area contributed by atoms with Crippen LogP contribution < -0.4 is 25.4 Å². The Balaban J connectivity index is 1.28. The molecule has 2 saturated heterocycles. The largest absolute Gasteiger partial charge is 0.454 e. The van der Waals surface area contributed by atoms with Gasteiger partial charge in [-0.3, -0.25) is 4.79 Å². The van der Waals surface area contributed by atoms with E-state index in [1.165, 1.54) is 27.4 Å². The third-order valence-electron chi connectivity index (χ3n) is 9.70. The monoisotopic (exact) mass is 775 g/mol. The van der Waals surface area contributed by atoms with Crippen molar-refractivity contribution in [1.29, 1.82) is 0 Å². The Morgan fingerprint density at radius 1 is 1.02 bits per heavy atom. The highest BCUT2D eigenvalue weighted by Gasteiger charge is 2.44. The SMILES string of the molecule is CN(C)C(=O)NCC(=O)NCCCCC(C)(C)CN(C[C@@H](O)[C@H](Cc1ccccc1)NC(=O)O[C@H]1CO[C@H]2OCC[C@H]21)S(=O)(=O)c1ccc2c(c1)OCO2. The van der Waals surface area contributed by atoms with Crippen molar-refractivity contribution in [3.8, 4) is 11.5 Å². The number of hydrogen-bond acceptors (Lipinski definition) is 11. The number of nitrogens with zero attached hydrogens (tertiary/aromatic N) is 2. The molecule has 17 heteroatoms. The first-order chi connectivity index (χ1) is 25.7. The van der Waals surface area contributed by atoms with E-state index < -0.39 is 46.1 Å². The Labute approximate surface area is 316 Å². The van der Waals surface area contributed by atoms with Gasteiger partial charge in [-0.05, 0) is 48.8 Å². The molecule has 5 rings (SSSR count). The van der Waals surface area contributed by atoms with Crippen molar-refractivity contribution >= 4 is 28.1 Å². The molecule has 2 aromatic carbocycles. The summed E-state index contributed by atoms with van der Waals surface area (Å²) in [4.78, 5) is 38.5. The minimum atomic E-state index is -4.21. The fourth-order valence-corrected chi connectivity index (χ4v) is 8.34. The van der Waals surface area contributed by atoms with Gasteiger partial charge in [0.2, 0.25) is 22.7 Å². The molecular weight excluding hydrogens is 722 g/mol. The maximum Gasteiger partial charge on any atom is 0.407 e. The molecule has 2 fully saturated rings. The van der Waals surface area contributed by atoms with E-state index in [0.717, 1.165) is 5.56 Å². The number of urea groups is 1. The van der Waals surface area contributed by atoms with Crippen LogP contribution in [0, 0.1) is 11.3 Å². The summed E-state index contributed by atoms with van der Waals surface area (Å²) in [7, 11) is -1.04. The normalized spacial score (nSPS) is 20.2. The summed E-state index contributed by atoms with van der Waals surface area (Å²) < 4.78 is 57.8. The zero-order valence-electron chi connectivity index (χ0n) is 31.3. The zero-order chi connectivity index (χ0) is 38.9. The highest BCUT2D eigenvalue weighted by Crippen LogP contribution is 2.36. The molecule has 0 radical (unpaired) electrons. The molecule has 0 bridgehead atoms. The third kappa shape index (κ3) is 11.2. The predicted octanol–water partition coefficient (Wildman–Crippen LogP) is 2.45. The lowest BCUT2D eigenvalue weighted by molar-refractivity contribution is -0.120. The number of carbonyl (C=O) groups excluding carboxylic acids is 3. The van der Waals surface area contributed by atoms with Crippen LogP contribution in [0.5, 0.6) is 11.5 Å². The van der Waals surface area contributed by atoms with E-state index in [0.29, 0.717) is 50.3 Å². The quantitative estimate of drug-likeness (QED) is 0.163. The van der Waals surface area contributed by atoms with Crippen molar-refractivity contribution in [2.75, 3.05) is 60.3 Å². The summed E-state index contributed by atoms with van der Waals surface area (Å²) in [6.45, 7) is 4.53. The van der Waals surface area contributed by atoms with Crippen LogP contribution in [0.3, 0.4) is 0 Å². The van der Waals surface area contributed by atoms with Crippen molar-refractivity contribution in [2.24, 2.45) is 11.3 Å². The van der Waals surface area contributed by atoms with Gasteiger partial charge in [0, 0.05) is 39.8 Å². The Kier molecular flexibility index (Phi) is 14.0. The summed E-state index contributed by atoms with van der Waals surface area (Å²) in [6.07, 6.45) is -0.209. The van der Waals surface area contributed by atoms with Gasteiger partial charge < -0.3 is 49.6 Å². The average molecular weight is 776 g/mol. The van der Waals surface area contributed by atoms with Crippen LogP contribution in [0.4, 0.5) is 9.59 Å². The lowest BCUT2D eigenvalue weighted by Crippen LogP contribution is -2.52. The number of unbranched alkanes of at least 4 members (excludes halogenated alkanes) is 1. The van der Waals surface area contributed by atoms with Crippen molar-refractivity contribution in [3.63, 3.8) is 0 Å². The molecule has 54 heavy (non-hydrogen) atoms. The Hall–Kier alpha value is -4.16. The molecule has 0 aliphatic carbocycles. The highest BCUT2D eigenvalue weighted by molar-refractivity contribution is 7.89. The van der Waals surface area contributed by atoms with Gasteiger partial charge in [0.15, 0.2) is 17.8 Å². The summed E-state index contributed by atoms with van der Waals surface area (Å²) >= 11 is 0. The average Bonchev–Trinajstić information content (AvgIpc) is 3.89. The number of sulfonamides is 1. The first-order valence-electron chi connectivity index (χ1n) is 18.3. The molecular formula is C37H53N5O11S. The number of hydrogen-bond donors (Lipinski definition) is 4. The van der Waals surface area contributed by atoms with Crippen molar-refractivity contribution < 1.29 is 51.6 Å². The zero-order valence-corrected chi connectivity index (χ0v) is 32.1. The molecule has 0 saturated carbocycles. The van der Waals surface area contributed by atoms with E-state index in [2.05, 4.69) is 16.0 Å². The molecule has 4 N–H and O–H groups in total. The van der Waals surface area contributed by atoms with Gasteiger partial charge >= 0.3 is 12.1 Å². The fourth-order valence-electron chi connectivity index (χ4n) is 6.68. The molecule has 4 amide bonds. The van der Waals surface area contributed by atoms with Crippen LogP contribution in [0.1, 0.15) is 45.1 Å². The lowest BCUT2D eigenvalue weighted by Gasteiger charge is -2.35. The van der Waals surface area contributed by atoms with E-state index >= 15 is 0 Å². The van der Waals surface area contributed by atoms with Gasteiger partial charge in [0.05, 0.1) is 42.7 Å². The minimum Gasteiger partial charge on any atom is -0.454 e. The number of carbonyl (C=O) groups is 3. The van der Waals surface area contributed by atoms with Gasteiger partial charge in [-0.15, -0.1) is 0 Å². The predicted molar refractivity (Wildman–Crippen MR) is 196 cm³/mol. The second-order valence-electron chi connectivity index (χ2n) is 14.8. The molecule has 3 aliphatic heterocycles. The van der Waals surface area contributed by atoms with Crippen LogP contribution in [0.2, 0.25) is 0 Å². The maximum absolute atomic E-state index is 14.4. The highest BCUT2D eigenvalue weighted by atomic mass is 32.2. The Morgan fingerprint density at radius 3 is 2.54 bits per heavy atom. The van der Waals surface area contributed by atoms with Crippen molar-refractivity contribution in [1.82, 2.24) is 25.2 Å².